The Labute approximate surface area is 130 Å². The van der Waals surface area contributed by atoms with Gasteiger partial charge in [-0.05, 0) is 25.6 Å². The summed E-state index contributed by atoms with van der Waals surface area (Å²) in [5.74, 6) is 0. The summed E-state index contributed by atoms with van der Waals surface area (Å²) in [5, 5.41) is 9.09. The molecule has 0 aliphatic carbocycles. The van der Waals surface area contributed by atoms with Crippen molar-refractivity contribution in [2.45, 2.75) is 23.5 Å². The number of nitriles is 1. The number of sulfonamides is 1. The van der Waals surface area contributed by atoms with E-state index in [4.69, 9.17) is 10.00 Å². The molecule has 0 radical (unpaired) electrons. The first-order valence-electron chi connectivity index (χ1n) is 7.21. The summed E-state index contributed by atoms with van der Waals surface area (Å²) in [4.78, 5) is 5.98. The van der Waals surface area contributed by atoms with Gasteiger partial charge in [0.05, 0.1) is 12.7 Å². The molecule has 3 rings (SSSR count). The maximum absolute atomic E-state index is 12.8. The van der Waals surface area contributed by atoms with Gasteiger partial charge >= 0.3 is 0 Å². The summed E-state index contributed by atoms with van der Waals surface area (Å²) in [7, 11) is -1.73. The van der Waals surface area contributed by atoms with Gasteiger partial charge in [0.15, 0.2) is 5.69 Å². The summed E-state index contributed by atoms with van der Waals surface area (Å²) in [5.41, 5.74) is -0.0575. The number of pyridine rings is 1. The minimum atomic E-state index is -3.71. The first-order chi connectivity index (χ1) is 10.5. The van der Waals surface area contributed by atoms with Gasteiger partial charge in [-0.25, -0.2) is 13.4 Å². The van der Waals surface area contributed by atoms with E-state index in [9.17, 15) is 8.42 Å². The molecule has 0 bridgehead atoms. The number of likely N-dealkylation sites (N-methyl/N-ethyl adjacent to an activating group) is 1. The lowest BCUT2D eigenvalue weighted by Gasteiger charge is -2.45. The van der Waals surface area contributed by atoms with Gasteiger partial charge < -0.3 is 4.74 Å². The van der Waals surface area contributed by atoms with E-state index in [1.54, 1.807) is 0 Å². The van der Waals surface area contributed by atoms with Gasteiger partial charge in [-0.2, -0.15) is 9.57 Å². The molecule has 1 aromatic rings. The van der Waals surface area contributed by atoms with Gasteiger partial charge in [-0.15, -0.1) is 0 Å². The zero-order chi connectivity index (χ0) is 15.7. The van der Waals surface area contributed by atoms with Crippen LogP contribution in [0.4, 0.5) is 0 Å². The van der Waals surface area contributed by atoms with E-state index in [1.807, 2.05) is 13.1 Å². The fraction of sp³-hybridized carbons (Fsp3) is 0.571. The first-order valence-corrected chi connectivity index (χ1v) is 8.65. The fourth-order valence-electron chi connectivity index (χ4n) is 3.05. The van der Waals surface area contributed by atoms with Crippen molar-refractivity contribution in [1.29, 1.82) is 5.26 Å². The molecule has 2 saturated heterocycles. The van der Waals surface area contributed by atoms with Gasteiger partial charge in [0.2, 0.25) is 10.0 Å². The normalized spacial score (nSPS) is 27.1. The molecule has 2 aliphatic rings. The Bertz CT molecular complexity index is 700. The van der Waals surface area contributed by atoms with E-state index < -0.39 is 10.0 Å². The molecule has 2 aliphatic heterocycles. The van der Waals surface area contributed by atoms with Crippen LogP contribution in [0, 0.1) is 11.3 Å². The topological polar surface area (TPSA) is 86.5 Å². The van der Waals surface area contributed by atoms with Crippen LogP contribution >= 0.6 is 0 Å². The number of ether oxygens (including phenoxy) is 1. The summed E-state index contributed by atoms with van der Waals surface area (Å²) in [6.45, 7) is 2.26. The minimum Gasteiger partial charge on any atom is -0.375 e. The van der Waals surface area contributed by atoms with Crippen LogP contribution in [0.15, 0.2) is 23.2 Å². The molecule has 118 valence electrons. The quantitative estimate of drug-likeness (QED) is 0.764. The predicted molar refractivity (Wildman–Crippen MR) is 78.5 cm³/mol. The van der Waals surface area contributed by atoms with Crippen LogP contribution in [0.5, 0.6) is 0 Å². The molecule has 3 heterocycles. The highest BCUT2D eigenvalue weighted by atomic mass is 32.2. The van der Waals surface area contributed by atoms with E-state index in [-0.39, 0.29) is 22.7 Å². The molecule has 0 N–H and O–H groups in total. The van der Waals surface area contributed by atoms with Crippen LogP contribution in [-0.2, 0) is 14.8 Å². The monoisotopic (exact) mass is 322 g/mol. The van der Waals surface area contributed by atoms with Gasteiger partial charge in [-0.1, -0.05) is 0 Å². The number of rotatable bonds is 2. The third kappa shape index (κ3) is 2.61. The molecular weight excluding hydrogens is 304 g/mol. The lowest BCUT2D eigenvalue weighted by atomic mass is 10.0. The average Bonchev–Trinajstić information content (AvgIpc) is 2.55. The van der Waals surface area contributed by atoms with Gasteiger partial charge in [0.1, 0.15) is 11.0 Å². The molecule has 0 spiro atoms. The molecule has 0 aromatic carbocycles. The lowest BCUT2D eigenvalue weighted by Crippen LogP contribution is -2.59. The van der Waals surface area contributed by atoms with Crippen molar-refractivity contribution in [1.82, 2.24) is 14.2 Å². The highest BCUT2D eigenvalue weighted by Gasteiger charge is 2.40. The maximum Gasteiger partial charge on any atom is 0.246 e. The van der Waals surface area contributed by atoms with E-state index in [0.29, 0.717) is 26.1 Å². The van der Waals surface area contributed by atoms with Crippen molar-refractivity contribution in [3.05, 3.63) is 24.0 Å². The fourth-order valence-corrected chi connectivity index (χ4v) is 4.62. The predicted octanol–water partition coefficient (Wildman–Crippen LogP) is 0.0469. The molecule has 8 heteroatoms. The molecule has 2 fully saturated rings. The van der Waals surface area contributed by atoms with Gasteiger partial charge in [-0.3, -0.25) is 4.90 Å². The van der Waals surface area contributed by atoms with E-state index in [2.05, 4.69) is 9.88 Å². The maximum atomic E-state index is 12.8. The highest BCUT2D eigenvalue weighted by molar-refractivity contribution is 7.89. The van der Waals surface area contributed by atoms with Gasteiger partial charge in [0, 0.05) is 31.9 Å². The van der Waals surface area contributed by atoms with Crippen LogP contribution in [0.2, 0.25) is 0 Å². The lowest BCUT2D eigenvalue weighted by molar-refractivity contribution is -0.0840. The van der Waals surface area contributed by atoms with Crippen molar-refractivity contribution < 1.29 is 13.2 Å². The average molecular weight is 322 g/mol. The Kier molecular flexibility index (Phi) is 4.14. The summed E-state index contributed by atoms with van der Waals surface area (Å²) in [6.07, 6.45) is 2.16. The largest absolute Gasteiger partial charge is 0.375 e. The second kappa shape index (κ2) is 5.93. The van der Waals surface area contributed by atoms with Crippen molar-refractivity contribution in [3.63, 3.8) is 0 Å². The van der Waals surface area contributed by atoms with E-state index in [0.717, 1.165) is 6.54 Å². The zero-order valence-corrected chi connectivity index (χ0v) is 13.2. The number of piperidine rings is 1. The Morgan fingerprint density at radius 3 is 3.05 bits per heavy atom. The number of hydrogen-bond donors (Lipinski definition) is 0. The van der Waals surface area contributed by atoms with Crippen LogP contribution in [0.3, 0.4) is 0 Å². The Balaban J connectivity index is 1.89. The molecule has 1 aromatic heterocycles. The SMILES string of the molecule is CN1CCO[C@H]2CCN(S(=O)(=O)c3cccnc3C#N)C[C@@H]21. The summed E-state index contributed by atoms with van der Waals surface area (Å²) in [6, 6.07) is 4.89. The molecule has 7 nitrogen and oxygen atoms in total. The summed E-state index contributed by atoms with van der Waals surface area (Å²) < 4.78 is 32.8. The van der Waals surface area contributed by atoms with Crippen molar-refractivity contribution in [2.75, 3.05) is 33.3 Å². The first kappa shape index (κ1) is 15.4. The van der Waals surface area contributed by atoms with E-state index >= 15 is 0 Å². The third-order valence-corrected chi connectivity index (χ3v) is 6.22. The van der Waals surface area contributed by atoms with Crippen molar-refractivity contribution in [3.8, 4) is 6.07 Å². The molecule has 0 saturated carbocycles. The van der Waals surface area contributed by atoms with Gasteiger partial charge in [0.25, 0.3) is 0 Å². The molecule has 22 heavy (non-hydrogen) atoms. The number of nitrogens with zero attached hydrogens (tertiary/aromatic N) is 4. The van der Waals surface area contributed by atoms with Crippen LogP contribution in [0.25, 0.3) is 0 Å². The number of aromatic nitrogens is 1. The molecule has 0 unspecified atom stereocenters. The Morgan fingerprint density at radius 1 is 1.45 bits per heavy atom. The van der Waals surface area contributed by atoms with E-state index in [1.165, 1.54) is 22.6 Å². The second-order valence-electron chi connectivity index (χ2n) is 5.57. The Hall–Kier alpha value is -1.53. The summed E-state index contributed by atoms with van der Waals surface area (Å²) >= 11 is 0. The number of morpholine rings is 1. The van der Waals surface area contributed by atoms with Crippen LogP contribution in [-0.4, -0.2) is 68.0 Å². The highest BCUT2D eigenvalue weighted by Crippen LogP contribution is 2.27. The second-order valence-corrected chi connectivity index (χ2v) is 7.48. The smallest absolute Gasteiger partial charge is 0.246 e. The van der Waals surface area contributed by atoms with Crippen molar-refractivity contribution in [2.24, 2.45) is 0 Å². The Morgan fingerprint density at radius 2 is 2.27 bits per heavy atom. The molecular formula is C14H18N4O3S. The van der Waals surface area contributed by atoms with Crippen LogP contribution < -0.4 is 0 Å². The number of fused-ring (bicyclic) bond motifs is 1. The third-order valence-electron chi connectivity index (χ3n) is 4.32. The molecule has 2 atom stereocenters. The molecule has 0 amide bonds. The zero-order valence-electron chi connectivity index (χ0n) is 12.3. The standard InChI is InChI=1S/C14H18N4O3S/c1-17-7-8-21-13-4-6-18(10-12(13)17)22(19,20)14-3-2-5-16-11(14)9-15/h2-3,5,12-13H,4,6-8,10H2,1H3/t12-,13-/m0/s1. The van der Waals surface area contributed by atoms with Crippen molar-refractivity contribution >= 4 is 10.0 Å². The number of hydrogen-bond acceptors (Lipinski definition) is 6. The minimum absolute atomic E-state index is 0.0182. The van der Waals surface area contributed by atoms with Crippen LogP contribution in [0.1, 0.15) is 12.1 Å².